The van der Waals surface area contributed by atoms with E-state index in [2.05, 4.69) is 16.0 Å². The summed E-state index contributed by atoms with van der Waals surface area (Å²) < 4.78 is 0. The van der Waals surface area contributed by atoms with E-state index < -0.39 is 73.0 Å². The van der Waals surface area contributed by atoms with Crippen LogP contribution < -0.4 is 21.7 Å². The molecule has 0 saturated heterocycles. The Morgan fingerprint density at radius 2 is 1.39 bits per heavy atom. The molecule has 0 bridgehead atoms. The molecule has 0 aliphatic carbocycles. The van der Waals surface area contributed by atoms with Gasteiger partial charge in [0.2, 0.25) is 17.7 Å². The van der Waals surface area contributed by atoms with Gasteiger partial charge in [-0.2, -0.15) is 0 Å². The van der Waals surface area contributed by atoms with E-state index in [1.165, 1.54) is 6.92 Å². The number of carbonyl (C=O) groups is 5. The van der Waals surface area contributed by atoms with Gasteiger partial charge in [0.1, 0.15) is 24.2 Å². The fourth-order valence-corrected chi connectivity index (χ4v) is 2.66. The third kappa shape index (κ3) is 9.22. The minimum Gasteiger partial charge on any atom is -0.481 e. The maximum absolute atomic E-state index is 12.7. The lowest BCUT2D eigenvalue weighted by Gasteiger charge is -2.24. The zero-order valence-corrected chi connectivity index (χ0v) is 17.8. The van der Waals surface area contributed by atoms with Crippen molar-refractivity contribution in [1.29, 1.82) is 0 Å². The van der Waals surface area contributed by atoms with Crippen molar-refractivity contribution >= 4 is 29.7 Å². The van der Waals surface area contributed by atoms with Crippen LogP contribution in [0.2, 0.25) is 0 Å². The molecular weight excluding hydrogens is 440 g/mol. The second-order valence-corrected chi connectivity index (χ2v) is 7.26. The fourth-order valence-electron chi connectivity index (χ4n) is 2.66. The highest BCUT2D eigenvalue weighted by Crippen LogP contribution is 2.05. The minimum atomic E-state index is -1.75. The third-order valence-corrected chi connectivity index (χ3v) is 4.55. The van der Waals surface area contributed by atoms with Gasteiger partial charge in [-0.25, -0.2) is 4.79 Å². The zero-order valence-electron chi connectivity index (χ0n) is 17.8. The molecule has 9 N–H and O–H groups in total. The molecule has 1 aromatic rings. The van der Waals surface area contributed by atoms with E-state index in [-0.39, 0.29) is 6.42 Å². The van der Waals surface area contributed by atoms with Crippen LogP contribution in [0.15, 0.2) is 30.3 Å². The summed E-state index contributed by atoms with van der Waals surface area (Å²) in [6.07, 6.45) is -2.22. The molecule has 0 aliphatic heterocycles. The lowest BCUT2D eigenvalue weighted by Crippen LogP contribution is -2.59. The number of carbonyl (C=O) groups excluding carboxylic acids is 3. The van der Waals surface area contributed by atoms with E-state index in [4.69, 9.17) is 15.9 Å². The van der Waals surface area contributed by atoms with Crippen LogP contribution in [0, 0.1) is 0 Å². The molecule has 3 amide bonds. The average molecular weight is 468 g/mol. The molecular formula is C20H28N4O9. The zero-order chi connectivity index (χ0) is 25.1. The number of aliphatic carboxylic acids is 2. The number of nitrogens with two attached hydrogens (primary N) is 1. The monoisotopic (exact) mass is 468 g/mol. The first-order valence-electron chi connectivity index (χ1n) is 9.90. The number of nitrogens with one attached hydrogen (secondary N) is 3. The summed E-state index contributed by atoms with van der Waals surface area (Å²) in [5.41, 5.74) is 6.08. The van der Waals surface area contributed by atoms with Crippen molar-refractivity contribution in [3.63, 3.8) is 0 Å². The summed E-state index contributed by atoms with van der Waals surface area (Å²) in [6.45, 7) is 0.398. The van der Waals surface area contributed by atoms with Crippen LogP contribution in [0.3, 0.4) is 0 Å². The van der Waals surface area contributed by atoms with Crippen LogP contribution in [-0.4, -0.2) is 87.0 Å². The van der Waals surface area contributed by atoms with Gasteiger partial charge in [0.25, 0.3) is 0 Å². The molecule has 1 aromatic carbocycles. The molecule has 0 radical (unpaired) electrons. The fraction of sp³-hybridized carbons (Fsp3) is 0.450. The number of benzene rings is 1. The second kappa shape index (κ2) is 13.1. The Kier molecular flexibility index (Phi) is 10.9. The summed E-state index contributed by atoms with van der Waals surface area (Å²) in [6, 6.07) is 2.33. The number of rotatable bonds is 13. The Bertz CT molecular complexity index is 847. The summed E-state index contributed by atoms with van der Waals surface area (Å²) >= 11 is 0. The van der Waals surface area contributed by atoms with E-state index in [9.17, 15) is 34.2 Å². The van der Waals surface area contributed by atoms with Crippen molar-refractivity contribution in [1.82, 2.24) is 16.0 Å². The van der Waals surface area contributed by atoms with Gasteiger partial charge in [0.05, 0.1) is 19.1 Å². The van der Waals surface area contributed by atoms with E-state index in [1.54, 1.807) is 30.3 Å². The highest BCUT2D eigenvalue weighted by molar-refractivity contribution is 5.94. The molecule has 13 nitrogen and oxygen atoms in total. The summed E-state index contributed by atoms with van der Waals surface area (Å²) in [5.74, 6) is -5.92. The molecule has 33 heavy (non-hydrogen) atoms. The molecule has 0 aliphatic rings. The van der Waals surface area contributed by atoms with E-state index >= 15 is 0 Å². The maximum atomic E-state index is 12.7. The predicted molar refractivity (Wildman–Crippen MR) is 113 cm³/mol. The first-order chi connectivity index (χ1) is 15.5. The number of carboxylic acid groups (broad SMARTS) is 2. The highest BCUT2D eigenvalue weighted by Gasteiger charge is 2.31. The summed E-state index contributed by atoms with van der Waals surface area (Å²) in [4.78, 5) is 59.5. The Labute approximate surface area is 189 Å². The van der Waals surface area contributed by atoms with Gasteiger partial charge in [-0.3, -0.25) is 19.2 Å². The van der Waals surface area contributed by atoms with Gasteiger partial charge < -0.3 is 42.1 Å². The Morgan fingerprint density at radius 3 is 1.88 bits per heavy atom. The standard InChI is InChI=1S/C20H28N4O9/c1-10(26)16(21)19(31)24-14(9-25)18(30)22-12(7-11-5-3-2-4-6-11)17(29)23-13(20(32)33)8-15(27)28/h2-6,10,12-14,16,25-26H,7-9,21H2,1H3,(H,22,30)(H,23,29)(H,24,31)(H,27,28)(H,32,33)/t10-,12+,13+,14+,16+/m1/s1. The Morgan fingerprint density at radius 1 is 0.879 bits per heavy atom. The first-order valence-corrected chi connectivity index (χ1v) is 9.90. The third-order valence-electron chi connectivity index (χ3n) is 4.55. The molecule has 0 saturated carbocycles. The van der Waals surface area contributed by atoms with Crippen molar-refractivity contribution in [2.75, 3.05) is 6.61 Å². The van der Waals surface area contributed by atoms with Crippen molar-refractivity contribution in [2.24, 2.45) is 5.73 Å². The minimum absolute atomic E-state index is 0.100. The number of aliphatic hydroxyl groups excluding tert-OH is 2. The van der Waals surface area contributed by atoms with Crippen LogP contribution in [0.4, 0.5) is 0 Å². The smallest absolute Gasteiger partial charge is 0.326 e. The number of hydrogen-bond donors (Lipinski definition) is 8. The lowest BCUT2D eigenvalue weighted by atomic mass is 10.0. The molecule has 0 unspecified atom stereocenters. The SMILES string of the molecule is C[C@@H](O)[C@H](N)C(=O)N[C@@H](CO)C(=O)N[C@@H](Cc1ccccc1)C(=O)N[C@@H](CC(=O)O)C(=O)O. The summed E-state index contributed by atoms with van der Waals surface area (Å²) in [7, 11) is 0. The normalized spacial score (nSPS) is 15.3. The quantitative estimate of drug-likeness (QED) is 0.146. The molecule has 5 atom stereocenters. The highest BCUT2D eigenvalue weighted by atomic mass is 16.4. The number of carboxylic acids is 2. The average Bonchev–Trinajstić information content (AvgIpc) is 2.75. The summed E-state index contributed by atoms with van der Waals surface area (Å²) in [5, 5.41) is 43.5. The molecule has 0 aromatic heterocycles. The van der Waals surface area contributed by atoms with E-state index in [0.29, 0.717) is 5.56 Å². The van der Waals surface area contributed by atoms with E-state index in [1.807, 2.05) is 0 Å². The molecule has 0 spiro atoms. The van der Waals surface area contributed by atoms with Crippen LogP contribution in [0.5, 0.6) is 0 Å². The molecule has 13 heteroatoms. The molecule has 1 rings (SSSR count). The van der Waals surface area contributed by atoms with Crippen molar-refractivity contribution < 1.29 is 44.4 Å². The maximum Gasteiger partial charge on any atom is 0.326 e. The van der Waals surface area contributed by atoms with Crippen LogP contribution in [-0.2, 0) is 30.4 Å². The van der Waals surface area contributed by atoms with Crippen molar-refractivity contribution in [3.05, 3.63) is 35.9 Å². The Hall–Kier alpha value is -3.55. The second-order valence-electron chi connectivity index (χ2n) is 7.26. The number of hydrogen-bond acceptors (Lipinski definition) is 8. The van der Waals surface area contributed by atoms with Crippen molar-refractivity contribution in [3.8, 4) is 0 Å². The van der Waals surface area contributed by atoms with E-state index in [0.717, 1.165) is 0 Å². The molecule has 182 valence electrons. The first kappa shape index (κ1) is 27.5. The van der Waals surface area contributed by atoms with Crippen LogP contribution in [0.1, 0.15) is 18.9 Å². The molecule has 0 fully saturated rings. The van der Waals surface area contributed by atoms with Gasteiger partial charge in [0, 0.05) is 6.42 Å². The largest absolute Gasteiger partial charge is 0.481 e. The van der Waals surface area contributed by atoms with Gasteiger partial charge >= 0.3 is 11.9 Å². The van der Waals surface area contributed by atoms with Crippen LogP contribution in [0.25, 0.3) is 0 Å². The number of amides is 3. The van der Waals surface area contributed by atoms with Gasteiger partial charge in [-0.15, -0.1) is 0 Å². The van der Waals surface area contributed by atoms with Gasteiger partial charge in [0.15, 0.2) is 0 Å². The van der Waals surface area contributed by atoms with Gasteiger partial charge in [-0.1, -0.05) is 30.3 Å². The predicted octanol–water partition coefficient (Wildman–Crippen LogP) is -3.06. The number of aliphatic hydroxyl groups is 2. The van der Waals surface area contributed by atoms with Crippen LogP contribution >= 0.6 is 0 Å². The van der Waals surface area contributed by atoms with Crippen molar-refractivity contribution in [2.45, 2.75) is 50.0 Å². The van der Waals surface area contributed by atoms with Gasteiger partial charge in [-0.05, 0) is 12.5 Å². The lowest BCUT2D eigenvalue weighted by molar-refractivity contribution is -0.147. The Balaban J connectivity index is 3.04. The molecule has 0 heterocycles. The topological polar surface area (TPSA) is 228 Å².